The molecule has 3 aromatic rings. The highest BCUT2D eigenvalue weighted by molar-refractivity contribution is 5.91. The minimum atomic E-state index is -0.376. The monoisotopic (exact) mass is 502 g/mol. The standard InChI is InChI=1S/C29H34N4O4/c1-33(29(36)37-20-21-11-4-2-5-12-21)18-9-8-17-26(34)30-23-14-10-13-22(19-23)27-24-15-6-3-7-16-25(24)28(35)32-31-27/h2,4-5,10-14,19H,3,6-9,15-18,20H2,1H3,(H,30,34)(H,32,35). The maximum Gasteiger partial charge on any atom is 0.409 e. The highest BCUT2D eigenvalue weighted by Crippen LogP contribution is 2.28. The molecular weight excluding hydrogens is 468 g/mol. The average Bonchev–Trinajstić information content (AvgIpc) is 3.17. The van der Waals surface area contributed by atoms with Crippen molar-refractivity contribution in [3.8, 4) is 11.3 Å². The van der Waals surface area contributed by atoms with Crippen LogP contribution in [0.2, 0.25) is 0 Å². The Morgan fingerprint density at radius 2 is 1.78 bits per heavy atom. The summed E-state index contributed by atoms with van der Waals surface area (Å²) in [7, 11) is 1.70. The molecule has 37 heavy (non-hydrogen) atoms. The van der Waals surface area contributed by atoms with E-state index in [9.17, 15) is 14.4 Å². The number of amides is 2. The molecular formula is C29H34N4O4. The summed E-state index contributed by atoms with van der Waals surface area (Å²) in [6.07, 6.45) is 6.09. The van der Waals surface area contributed by atoms with Crippen molar-refractivity contribution in [2.24, 2.45) is 0 Å². The number of hydrogen-bond acceptors (Lipinski definition) is 5. The molecule has 2 amide bonds. The summed E-state index contributed by atoms with van der Waals surface area (Å²) in [5.74, 6) is -0.0836. The fourth-order valence-electron chi connectivity index (χ4n) is 4.60. The van der Waals surface area contributed by atoms with E-state index < -0.39 is 0 Å². The molecule has 0 radical (unpaired) electrons. The molecule has 0 saturated carbocycles. The van der Waals surface area contributed by atoms with E-state index in [4.69, 9.17) is 4.74 Å². The third-order valence-electron chi connectivity index (χ3n) is 6.63. The van der Waals surface area contributed by atoms with E-state index in [-0.39, 0.29) is 24.2 Å². The SMILES string of the molecule is CN(CCCCC(=O)Nc1cccc(-c2n[nH]c(=O)c3c2CCCCC3)c1)C(=O)OCc1ccccc1. The second-order valence-corrected chi connectivity index (χ2v) is 9.47. The molecule has 8 nitrogen and oxygen atoms in total. The molecule has 194 valence electrons. The topological polar surface area (TPSA) is 104 Å². The first-order chi connectivity index (χ1) is 18.0. The lowest BCUT2D eigenvalue weighted by Crippen LogP contribution is -2.28. The number of carbonyl (C=O) groups is 2. The molecule has 1 aliphatic carbocycles. The number of aromatic nitrogens is 2. The number of rotatable bonds is 9. The molecule has 0 spiro atoms. The molecule has 0 aliphatic heterocycles. The molecule has 0 atom stereocenters. The lowest BCUT2D eigenvalue weighted by Gasteiger charge is -2.17. The van der Waals surface area contributed by atoms with Gasteiger partial charge in [0.1, 0.15) is 6.61 Å². The highest BCUT2D eigenvalue weighted by Gasteiger charge is 2.18. The molecule has 1 heterocycles. The van der Waals surface area contributed by atoms with Gasteiger partial charge in [0.05, 0.1) is 5.69 Å². The number of carbonyl (C=O) groups excluding carboxylic acids is 2. The van der Waals surface area contributed by atoms with Crippen molar-refractivity contribution in [2.75, 3.05) is 18.9 Å². The predicted molar refractivity (Wildman–Crippen MR) is 143 cm³/mol. The van der Waals surface area contributed by atoms with Crippen LogP contribution in [0.15, 0.2) is 59.4 Å². The molecule has 4 rings (SSSR count). The van der Waals surface area contributed by atoms with Gasteiger partial charge in [0, 0.05) is 36.8 Å². The van der Waals surface area contributed by atoms with E-state index in [1.165, 1.54) is 4.90 Å². The van der Waals surface area contributed by atoms with Crippen molar-refractivity contribution in [1.29, 1.82) is 0 Å². The zero-order valence-electron chi connectivity index (χ0n) is 21.3. The van der Waals surface area contributed by atoms with Gasteiger partial charge < -0.3 is 15.0 Å². The average molecular weight is 503 g/mol. The number of nitrogens with zero attached hydrogens (tertiary/aromatic N) is 2. The number of anilines is 1. The first kappa shape index (κ1) is 26.1. The third kappa shape index (κ3) is 7.29. The summed E-state index contributed by atoms with van der Waals surface area (Å²) in [4.78, 5) is 38.5. The van der Waals surface area contributed by atoms with E-state index in [1.54, 1.807) is 7.05 Å². The Hall–Kier alpha value is -3.94. The van der Waals surface area contributed by atoms with Crippen LogP contribution in [0.4, 0.5) is 10.5 Å². The summed E-state index contributed by atoms with van der Waals surface area (Å²) in [5, 5.41) is 9.97. The maximum absolute atomic E-state index is 12.5. The molecule has 2 N–H and O–H groups in total. The van der Waals surface area contributed by atoms with E-state index in [2.05, 4.69) is 15.5 Å². The quantitative estimate of drug-likeness (QED) is 0.314. The molecule has 0 unspecified atom stereocenters. The van der Waals surface area contributed by atoms with Crippen molar-refractivity contribution in [3.05, 3.63) is 81.6 Å². The Morgan fingerprint density at radius 1 is 1.00 bits per heavy atom. The summed E-state index contributed by atoms with van der Waals surface area (Å²) in [6.45, 7) is 0.752. The Labute approximate surface area is 217 Å². The Balaban J connectivity index is 1.25. The largest absolute Gasteiger partial charge is 0.445 e. The Morgan fingerprint density at radius 3 is 2.59 bits per heavy atom. The molecule has 0 saturated heterocycles. The van der Waals surface area contributed by atoms with Crippen LogP contribution in [0.1, 0.15) is 55.2 Å². The summed E-state index contributed by atoms with van der Waals surface area (Å²) in [6, 6.07) is 17.1. The number of aromatic amines is 1. The predicted octanol–water partition coefficient (Wildman–Crippen LogP) is 5.08. The number of unbranched alkanes of at least 4 members (excludes halogenated alkanes) is 1. The van der Waals surface area contributed by atoms with Gasteiger partial charge in [0.25, 0.3) is 5.56 Å². The third-order valence-corrected chi connectivity index (χ3v) is 6.63. The van der Waals surface area contributed by atoms with Gasteiger partial charge in [-0.2, -0.15) is 5.10 Å². The number of ether oxygens (including phenoxy) is 1. The van der Waals surface area contributed by atoms with Crippen molar-refractivity contribution < 1.29 is 14.3 Å². The van der Waals surface area contributed by atoms with Gasteiger partial charge in [-0.1, -0.05) is 48.9 Å². The van der Waals surface area contributed by atoms with Crippen LogP contribution in [0, 0.1) is 0 Å². The first-order valence-electron chi connectivity index (χ1n) is 12.9. The van der Waals surface area contributed by atoms with Gasteiger partial charge in [0.2, 0.25) is 5.91 Å². The van der Waals surface area contributed by atoms with Gasteiger partial charge in [-0.3, -0.25) is 9.59 Å². The van der Waals surface area contributed by atoms with Crippen molar-refractivity contribution in [3.63, 3.8) is 0 Å². The van der Waals surface area contributed by atoms with Crippen LogP contribution in [0.5, 0.6) is 0 Å². The summed E-state index contributed by atoms with van der Waals surface area (Å²) >= 11 is 0. The van der Waals surface area contributed by atoms with Crippen LogP contribution in [0.3, 0.4) is 0 Å². The summed E-state index contributed by atoms with van der Waals surface area (Å²) in [5.41, 5.74) is 5.07. The molecule has 1 aromatic heterocycles. The number of fused-ring (bicyclic) bond motifs is 1. The van der Waals surface area contributed by atoms with Crippen molar-refractivity contribution >= 4 is 17.7 Å². The van der Waals surface area contributed by atoms with Crippen LogP contribution < -0.4 is 10.9 Å². The number of nitrogens with one attached hydrogen (secondary N) is 2. The van der Waals surface area contributed by atoms with Crippen LogP contribution >= 0.6 is 0 Å². The lowest BCUT2D eigenvalue weighted by molar-refractivity contribution is -0.116. The van der Waals surface area contributed by atoms with Crippen LogP contribution in [-0.2, 0) is 29.0 Å². The lowest BCUT2D eigenvalue weighted by atomic mass is 9.98. The first-order valence-corrected chi connectivity index (χ1v) is 12.9. The highest BCUT2D eigenvalue weighted by atomic mass is 16.6. The van der Waals surface area contributed by atoms with Gasteiger partial charge in [-0.25, -0.2) is 9.89 Å². The number of benzene rings is 2. The fourth-order valence-corrected chi connectivity index (χ4v) is 4.60. The van der Waals surface area contributed by atoms with Crippen LogP contribution in [-0.4, -0.2) is 40.7 Å². The normalized spacial score (nSPS) is 12.8. The summed E-state index contributed by atoms with van der Waals surface area (Å²) < 4.78 is 5.33. The Bertz CT molecular complexity index is 1270. The zero-order chi connectivity index (χ0) is 26.0. The maximum atomic E-state index is 12.5. The van der Waals surface area contributed by atoms with Gasteiger partial charge >= 0.3 is 6.09 Å². The number of H-pyrrole nitrogens is 1. The number of hydrogen-bond donors (Lipinski definition) is 2. The molecule has 0 fully saturated rings. The van der Waals surface area contributed by atoms with Crippen molar-refractivity contribution in [2.45, 2.75) is 58.0 Å². The molecule has 8 heteroatoms. The van der Waals surface area contributed by atoms with Crippen LogP contribution in [0.25, 0.3) is 11.3 Å². The van der Waals surface area contributed by atoms with E-state index >= 15 is 0 Å². The van der Waals surface area contributed by atoms with E-state index in [1.807, 2.05) is 54.6 Å². The van der Waals surface area contributed by atoms with E-state index in [0.717, 1.165) is 60.1 Å². The minimum absolute atomic E-state index is 0.0836. The van der Waals surface area contributed by atoms with Gasteiger partial charge in [-0.15, -0.1) is 0 Å². The van der Waals surface area contributed by atoms with E-state index in [0.29, 0.717) is 31.5 Å². The van der Waals surface area contributed by atoms with Gasteiger partial charge in [-0.05, 0) is 61.8 Å². The molecule has 2 aromatic carbocycles. The van der Waals surface area contributed by atoms with Crippen molar-refractivity contribution in [1.82, 2.24) is 15.1 Å². The zero-order valence-corrected chi connectivity index (χ0v) is 21.3. The molecule has 0 bridgehead atoms. The molecule has 1 aliphatic rings. The smallest absolute Gasteiger partial charge is 0.409 e. The minimum Gasteiger partial charge on any atom is -0.445 e. The fraction of sp³-hybridized carbons (Fsp3) is 0.379. The Kier molecular flexibility index (Phi) is 9.08. The second kappa shape index (κ2) is 12.9. The van der Waals surface area contributed by atoms with Gasteiger partial charge in [0.15, 0.2) is 0 Å². The second-order valence-electron chi connectivity index (χ2n) is 9.47.